The normalized spacial score (nSPS) is 13.2. The molecule has 288 valence electrons. The van der Waals surface area contributed by atoms with Gasteiger partial charge in [-0.25, -0.2) is 31.9 Å². The molecule has 0 atom stereocenters. The Bertz CT molecular complexity index is 2120. The number of sulfonamides is 2. The molecule has 1 amide bonds. The Labute approximate surface area is 327 Å². The number of hydrazone groups is 1. The van der Waals surface area contributed by atoms with E-state index in [0.29, 0.717) is 38.5 Å². The van der Waals surface area contributed by atoms with Crippen LogP contribution >= 0.6 is 22.6 Å². The van der Waals surface area contributed by atoms with Crippen molar-refractivity contribution < 1.29 is 40.9 Å². The van der Waals surface area contributed by atoms with E-state index in [-0.39, 0.29) is 44.0 Å². The zero-order chi connectivity index (χ0) is 38.9. The fourth-order valence-corrected chi connectivity index (χ4v) is 9.79. The molecule has 4 aromatic rings. The van der Waals surface area contributed by atoms with Crippen molar-refractivity contribution in [3.05, 3.63) is 111 Å². The highest BCUT2D eigenvalue weighted by Gasteiger charge is 2.38. The van der Waals surface area contributed by atoms with Crippen molar-refractivity contribution in [1.82, 2.24) is 30.4 Å². The second-order valence-electron chi connectivity index (χ2n) is 11.8. The van der Waals surface area contributed by atoms with Crippen molar-refractivity contribution in [3.63, 3.8) is 0 Å². The zero-order valence-corrected chi connectivity index (χ0v) is 33.4. The summed E-state index contributed by atoms with van der Waals surface area (Å²) in [5.41, 5.74) is 8.11. The molecular formula is C35H40IN7O9S2. The average molecular weight is 894 g/mol. The summed E-state index contributed by atoms with van der Waals surface area (Å²) in [6.45, 7) is -0.145. The molecule has 0 saturated carbocycles. The topological polar surface area (TPSA) is 200 Å². The second kappa shape index (κ2) is 18.1. The summed E-state index contributed by atoms with van der Waals surface area (Å²) in [5.74, 6) is 1.92. The lowest BCUT2D eigenvalue weighted by Crippen LogP contribution is -2.42. The lowest BCUT2D eigenvalue weighted by molar-refractivity contribution is 0.170. The highest BCUT2D eigenvalue weighted by molar-refractivity contribution is 14.1. The van der Waals surface area contributed by atoms with Crippen molar-refractivity contribution in [1.29, 1.82) is 0 Å². The first-order valence-corrected chi connectivity index (χ1v) is 20.4. The van der Waals surface area contributed by atoms with Crippen LogP contribution in [0.4, 0.5) is 4.79 Å². The smallest absolute Gasteiger partial charge is 0.404 e. The van der Waals surface area contributed by atoms with Crippen LogP contribution in [0.15, 0.2) is 99.8 Å². The largest absolute Gasteiger partial charge is 0.497 e. The van der Waals surface area contributed by atoms with Crippen molar-refractivity contribution in [2.75, 3.05) is 34.4 Å². The number of rotatable bonds is 18. The number of benzene rings is 4. The number of nitrogens with zero attached hydrogens (tertiary/aromatic N) is 3. The number of carboxylic acid groups (broad SMARTS) is 1. The van der Waals surface area contributed by atoms with E-state index < -0.39 is 35.9 Å². The predicted molar refractivity (Wildman–Crippen MR) is 209 cm³/mol. The van der Waals surface area contributed by atoms with Gasteiger partial charge in [0.05, 0.1) is 33.4 Å². The first-order valence-electron chi connectivity index (χ1n) is 16.4. The number of ether oxygens (including phenoxy) is 3. The Balaban J connectivity index is 1.59. The van der Waals surface area contributed by atoms with Gasteiger partial charge in [0, 0.05) is 29.7 Å². The van der Waals surface area contributed by atoms with Gasteiger partial charge in [-0.2, -0.15) is 4.31 Å². The van der Waals surface area contributed by atoms with Gasteiger partial charge in [-0.15, -0.1) is 10.2 Å². The minimum Gasteiger partial charge on any atom is -0.497 e. The van der Waals surface area contributed by atoms with Gasteiger partial charge in [0.25, 0.3) is 0 Å². The molecule has 54 heavy (non-hydrogen) atoms. The van der Waals surface area contributed by atoms with Crippen molar-refractivity contribution in [2.24, 2.45) is 5.10 Å². The molecule has 16 nitrogen and oxygen atoms in total. The summed E-state index contributed by atoms with van der Waals surface area (Å²) in [7, 11) is -4.57. The van der Waals surface area contributed by atoms with Gasteiger partial charge in [0.2, 0.25) is 20.0 Å². The Morgan fingerprint density at radius 2 is 1.31 bits per heavy atom. The minimum absolute atomic E-state index is 0.0190. The predicted octanol–water partition coefficient (Wildman–Crippen LogP) is 3.83. The summed E-state index contributed by atoms with van der Waals surface area (Å²) in [6.07, 6.45) is -1.13. The molecule has 0 aromatic heterocycles. The monoisotopic (exact) mass is 893 g/mol. The molecular weight excluding hydrogens is 853 g/mol. The summed E-state index contributed by atoms with van der Waals surface area (Å²) in [5, 5.41) is 17.0. The molecule has 19 heteroatoms. The number of nitrogens with one attached hydrogen (secondary N) is 4. The van der Waals surface area contributed by atoms with E-state index in [1.165, 1.54) is 35.8 Å². The number of amidine groups is 1. The number of methoxy groups -OCH3 is 3. The average Bonchev–Trinajstić information content (AvgIpc) is 3.62. The maximum absolute atomic E-state index is 15.2. The van der Waals surface area contributed by atoms with Gasteiger partial charge >= 0.3 is 6.09 Å². The molecule has 1 aliphatic rings. The fourth-order valence-electron chi connectivity index (χ4n) is 5.41. The summed E-state index contributed by atoms with van der Waals surface area (Å²) < 4.78 is 78.5. The van der Waals surface area contributed by atoms with Crippen LogP contribution in [0, 0.1) is 3.57 Å². The second-order valence-corrected chi connectivity index (χ2v) is 16.6. The molecule has 0 aliphatic carbocycles. The van der Waals surface area contributed by atoms with Gasteiger partial charge in [-0.05, 0) is 94.2 Å². The molecule has 1 aliphatic heterocycles. The van der Waals surface area contributed by atoms with Crippen LogP contribution in [0.5, 0.6) is 17.2 Å². The van der Waals surface area contributed by atoms with Crippen molar-refractivity contribution in [3.8, 4) is 17.2 Å². The summed E-state index contributed by atoms with van der Waals surface area (Å²) >= 11 is 1.96. The van der Waals surface area contributed by atoms with E-state index in [2.05, 4.69) is 26.1 Å². The SMILES string of the molecule is COc1ccc(CN2NN=C(c3c(I)ccc(S(=O)(=O)NCCCNC(=O)O)c3S(=O)(=O)N(Cc3ccc(OC)cc3)Cc3ccc(OC)cc3)N2)cc1. The molecule has 5 N–H and O–H groups in total. The van der Waals surface area contributed by atoms with E-state index in [0.717, 1.165) is 5.56 Å². The lowest BCUT2D eigenvalue weighted by atomic mass is 10.2. The molecule has 5 rings (SSSR count). The van der Waals surface area contributed by atoms with Gasteiger partial charge in [0.15, 0.2) is 5.84 Å². The summed E-state index contributed by atoms with van der Waals surface area (Å²) in [6, 6.07) is 23.9. The number of carbonyl (C=O) groups is 1. The standard InChI is InChI=1S/C35H40IN7O9S2/c1-50-27-11-5-24(6-12-27)21-42(22-25-7-13-28(51-2)14-8-25)54(48,49)33-31(53(46,47)38-20-4-19-37-35(44)45)18-17-30(36)32(33)34-39-41-43(40-34)23-26-9-15-29(52-3)16-10-26/h5-18,37-38,41H,4,19-23H2,1-3H3,(H,39,40)(H,44,45). The number of hydrogen-bond acceptors (Lipinski definition) is 12. The molecule has 0 bridgehead atoms. The maximum atomic E-state index is 15.2. The van der Waals surface area contributed by atoms with Crippen LogP contribution in [0.3, 0.4) is 0 Å². The van der Waals surface area contributed by atoms with Crippen LogP contribution < -0.4 is 35.2 Å². The third kappa shape index (κ3) is 10.1. The molecule has 1 heterocycles. The molecule has 0 radical (unpaired) electrons. The first kappa shape index (κ1) is 40.5. The Kier molecular flexibility index (Phi) is 13.6. The minimum atomic E-state index is -4.69. The Morgan fingerprint density at radius 1 is 0.796 bits per heavy atom. The molecule has 0 unspecified atom stereocenters. The highest BCUT2D eigenvalue weighted by atomic mass is 127. The van der Waals surface area contributed by atoms with Crippen LogP contribution in [0.1, 0.15) is 28.7 Å². The molecule has 0 fully saturated rings. The van der Waals surface area contributed by atoms with E-state index >= 15 is 8.42 Å². The van der Waals surface area contributed by atoms with Crippen LogP contribution in [-0.2, 0) is 39.7 Å². The van der Waals surface area contributed by atoms with Crippen molar-refractivity contribution >= 4 is 54.6 Å². The number of hydrazine groups is 2. The van der Waals surface area contributed by atoms with Crippen LogP contribution in [-0.4, -0.2) is 77.7 Å². The van der Waals surface area contributed by atoms with E-state index in [1.807, 2.05) is 34.7 Å². The number of amides is 1. The van der Waals surface area contributed by atoms with E-state index in [9.17, 15) is 13.2 Å². The third-order valence-corrected chi connectivity index (χ3v) is 12.6. The van der Waals surface area contributed by atoms with Gasteiger partial charge in [-0.3, -0.25) is 5.43 Å². The maximum Gasteiger partial charge on any atom is 0.404 e. The molecule has 4 aromatic carbocycles. The van der Waals surface area contributed by atoms with Gasteiger partial charge in [0.1, 0.15) is 27.0 Å². The third-order valence-electron chi connectivity index (χ3n) is 8.18. The molecule has 0 spiro atoms. The quantitative estimate of drug-likeness (QED) is 0.0716. The summed E-state index contributed by atoms with van der Waals surface area (Å²) in [4.78, 5) is 9.91. The van der Waals surface area contributed by atoms with Gasteiger partial charge in [-0.1, -0.05) is 36.4 Å². The molecule has 0 saturated heterocycles. The Morgan fingerprint density at radius 3 is 1.81 bits per heavy atom. The van der Waals surface area contributed by atoms with Crippen molar-refractivity contribution in [2.45, 2.75) is 35.8 Å². The van der Waals surface area contributed by atoms with E-state index in [4.69, 9.17) is 19.3 Å². The lowest BCUT2D eigenvalue weighted by Gasteiger charge is -2.26. The number of hydrogen-bond donors (Lipinski definition) is 5. The zero-order valence-electron chi connectivity index (χ0n) is 29.6. The van der Waals surface area contributed by atoms with Crippen LogP contribution in [0.2, 0.25) is 0 Å². The Hall–Kier alpha value is -4.67. The fraction of sp³-hybridized carbons (Fsp3) is 0.257. The van der Waals surface area contributed by atoms with Crippen LogP contribution in [0.25, 0.3) is 0 Å². The first-order chi connectivity index (χ1) is 25.8. The number of halogens is 1. The van der Waals surface area contributed by atoms with E-state index in [1.54, 1.807) is 67.8 Å². The van der Waals surface area contributed by atoms with Gasteiger partial charge < -0.3 is 24.6 Å². The highest BCUT2D eigenvalue weighted by Crippen LogP contribution is 2.34.